The second-order valence-corrected chi connectivity index (χ2v) is 6.89. The fraction of sp³-hybridized carbons (Fsp3) is 0.381. The second-order valence-electron chi connectivity index (χ2n) is 6.89. The lowest BCUT2D eigenvalue weighted by Crippen LogP contribution is -2.42. The number of nitrogens with one attached hydrogen (secondary N) is 2. The quantitative estimate of drug-likeness (QED) is 0.698. The third-order valence-electron chi connectivity index (χ3n) is 4.88. The van der Waals surface area contributed by atoms with Gasteiger partial charge in [-0.05, 0) is 49.9 Å². The Balaban J connectivity index is 1.43. The van der Waals surface area contributed by atoms with Gasteiger partial charge in [-0.15, -0.1) is 0 Å². The zero-order chi connectivity index (χ0) is 21.3. The Kier molecular flexibility index (Phi) is 7.16. The lowest BCUT2D eigenvalue weighted by atomic mass is 9.96. The number of amides is 2. The van der Waals surface area contributed by atoms with Gasteiger partial charge in [-0.1, -0.05) is 0 Å². The molecule has 9 heteroatoms. The van der Waals surface area contributed by atoms with Gasteiger partial charge >= 0.3 is 11.8 Å². The predicted octanol–water partition coefficient (Wildman–Crippen LogP) is 1.72. The predicted molar refractivity (Wildman–Crippen MR) is 111 cm³/mol. The van der Waals surface area contributed by atoms with Gasteiger partial charge in [0.25, 0.3) is 0 Å². The standard InChI is InChI=1S/C21H24N6O3/c1-2-30-17-5-3-16(4-6-17)26-21(29)20(28)25-14-15-7-11-27(12-8-15)19-18(13-22)23-9-10-24-19/h3-6,9-10,15H,2,7-8,11-12,14H2,1H3,(H,25,28)(H,26,29). The van der Waals surface area contributed by atoms with Gasteiger partial charge in [0, 0.05) is 37.7 Å². The van der Waals surface area contributed by atoms with Crippen molar-refractivity contribution in [3.05, 3.63) is 42.4 Å². The summed E-state index contributed by atoms with van der Waals surface area (Å²) in [5.74, 6) is 0.194. The molecular formula is C21H24N6O3. The van der Waals surface area contributed by atoms with Crippen LogP contribution in [0.4, 0.5) is 11.5 Å². The summed E-state index contributed by atoms with van der Waals surface area (Å²) in [6.45, 7) is 4.31. The fourth-order valence-corrected chi connectivity index (χ4v) is 3.30. The van der Waals surface area contributed by atoms with E-state index in [4.69, 9.17) is 4.74 Å². The smallest absolute Gasteiger partial charge is 0.313 e. The largest absolute Gasteiger partial charge is 0.494 e. The molecule has 1 saturated heterocycles. The minimum Gasteiger partial charge on any atom is -0.494 e. The third-order valence-corrected chi connectivity index (χ3v) is 4.88. The molecule has 2 aromatic rings. The Labute approximate surface area is 175 Å². The first-order valence-electron chi connectivity index (χ1n) is 9.88. The minimum atomic E-state index is -0.699. The van der Waals surface area contributed by atoms with Crippen molar-refractivity contribution in [2.24, 2.45) is 5.92 Å². The summed E-state index contributed by atoms with van der Waals surface area (Å²) in [6, 6.07) is 8.91. The van der Waals surface area contributed by atoms with Crippen LogP contribution in [0.15, 0.2) is 36.7 Å². The van der Waals surface area contributed by atoms with Crippen LogP contribution < -0.4 is 20.3 Å². The van der Waals surface area contributed by atoms with Gasteiger partial charge in [-0.3, -0.25) is 9.59 Å². The molecule has 0 radical (unpaired) electrons. The highest BCUT2D eigenvalue weighted by molar-refractivity contribution is 6.39. The van der Waals surface area contributed by atoms with Crippen LogP contribution in [0.25, 0.3) is 0 Å². The monoisotopic (exact) mass is 408 g/mol. The van der Waals surface area contributed by atoms with Crippen LogP contribution >= 0.6 is 0 Å². The molecule has 0 spiro atoms. The first kappa shape index (κ1) is 21.0. The fourth-order valence-electron chi connectivity index (χ4n) is 3.30. The first-order valence-corrected chi connectivity index (χ1v) is 9.88. The summed E-state index contributed by atoms with van der Waals surface area (Å²) >= 11 is 0. The molecule has 156 valence electrons. The normalized spacial score (nSPS) is 13.9. The van der Waals surface area contributed by atoms with Crippen molar-refractivity contribution in [2.75, 3.05) is 36.5 Å². The molecule has 9 nitrogen and oxygen atoms in total. The molecular weight excluding hydrogens is 384 g/mol. The van der Waals surface area contributed by atoms with Crippen molar-refractivity contribution >= 4 is 23.3 Å². The number of hydrogen-bond donors (Lipinski definition) is 2. The summed E-state index contributed by atoms with van der Waals surface area (Å²) in [6.07, 6.45) is 4.72. The van der Waals surface area contributed by atoms with Crippen molar-refractivity contribution in [1.82, 2.24) is 15.3 Å². The van der Waals surface area contributed by atoms with Crippen molar-refractivity contribution < 1.29 is 14.3 Å². The average molecular weight is 408 g/mol. The van der Waals surface area contributed by atoms with Crippen LogP contribution in [0, 0.1) is 17.2 Å². The Hall–Kier alpha value is -3.67. The van der Waals surface area contributed by atoms with Gasteiger partial charge in [0.2, 0.25) is 0 Å². The second kappa shape index (κ2) is 10.2. The van der Waals surface area contributed by atoms with Crippen LogP contribution in [0.2, 0.25) is 0 Å². The molecule has 30 heavy (non-hydrogen) atoms. The number of carbonyl (C=O) groups is 2. The summed E-state index contributed by atoms with van der Waals surface area (Å²) in [4.78, 5) is 34.5. The SMILES string of the molecule is CCOc1ccc(NC(=O)C(=O)NCC2CCN(c3nccnc3C#N)CC2)cc1. The maximum Gasteiger partial charge on any atom is 0.313 e. The van der Waals surface area contributed by atoms with E-state index in [9.17, 15) is 14.9 Å². The molecule has 2 N–H and O–H groups in total. The number of anilines is 2. The van der Waals surface area contributed by atoms with E-state index in [0.717, 1.165) is 12.8 Å². The highest BCUT2D eigenvalue weighted by Gasteiger charge is 2.23. The van der Waals surface area contributed by atoms with Gasteiger partial charge < -0.3 is 20.3 Å². The number of ether oxygens (including phenoxy) is 1. The molecule has 0 atom stereocenters. The van der Waals surface area contributed by atoms with E-state index in [1.807, 2.05) is 11.8 Å². The van der Waals surface area contributed by atoms with Crippen LogP contribution in [0.5, 0.6) is 5.75 Å². The molecule has 0 saturated carbocycles. The number of benzene rings is 1. The molecule has 0 bridgehead atoms. The summed E-state index contributed by atoms with van der Waals surface area (Å²) < 4.78 is 5.35. The third kappa shape index (κ3) is 5.44. The highest BCUT2D eigenvalue weighted by atomic mass is 16.5. The van der Waals surface area contributed by atoms with E-state index in [0.29, 0.717) is 49.2 Å². The number of nitrogens with zero attached hydrogens (tertiary/aromatic N) is 4. The summed E-state index contributed by atoms with van der Waals surface area (Å²) in [5.41, 5.74) is 0.847. The van der Waals surface area contributed by atoms with Crippen molar-refractivity contribution in [1.29, 1.82) is 5.26 Å². The Morgan fingerprint density at radius 2 is 1.87 bits per heavy atom. The van der Waals surface area contributed by atoms with Crippen LogP contribution in [-0.4, -0.2) is 48.0 Å². The van der Waals surface area contributed by atoms with Crippen molar-refractivity contribution in [3.63, 3.8) is 0 Å². The van der Waals surface area contributed by atoms with E-state index in [1.54, 1.807) is 30.5 Å². The number of carbonyl (C=O) groups excluding carboxylic acids is 2. The van der Waals surface area contributed by atoms with Crippen molar-refractivity contribution in [3.8, 4) is 11.8 Å². The topological polar surface area (TPSA) is 120 Å². The lowest BCUT2D eigenvalue weighted by molar-refractivity contribution is -0.136. The van der Waals surface area contributed by atoms with E-state index < -0.39 is 11.8 Å². The van der Waals surface area contributed by atoms with E-state index in [2.05, 4.69) is 26.7 Å². The molecule has 1 aromatic carbocycles. The van der Waals surface area contributed by atoms with Gasteiger partial charge in [0.15, 0.2) is 11.5 Å². The molecule has 2 heterocycles. The zero-order valence-electron chi connectivity index (χ0n) is 16.8. The minimum absolute atomic E-state index is 0.255. The number of rotatable bonds is 6. The Morgan fingerprint density at radius 3 is 2.53 bits per heavy atom. The number of hydrogen-bond acceptors (Lipinski definition) is 7. The molecule has 3 rings (SSSR count). The molecule has 1 aromatic heterocycles. The first-order chi connectivity index (χ1) is 14.6. The summed E-state index contributed by atoms with van der Waals surface area (Å²) in [7, 11) is 0. The van der Waals surface area contributed by atoms with Gasteiger partial charge in [0.05, 0.1) is 6.61 Å². The van der Waals surface area contributed by atoms with E-state index >= 15 is 0 Å². The van der Waals surface area contributed by atoms with Crippen LogP contribution in [-0.2, 0) is 9.59 Å². The highest BCUT2D eigenvalue weighted by Crippen LogP contribution is 2.23. The van der Waals surface area contributed by atoms with Crippen LogP contribution in [0.3, 0.4) is 0 Å². The molecule has 1 aliphatic heterocycles. The van der Waals surface area contributed by atoms with Gasteiger partial charge in [-0.25, -0.2) is 9.97 Å². The number of aromatic nitrogens is 2. The van der Waals surface area contributed by atoms with E-state index in [1.165, 1.54) is 6.20 Å². The van der Waals surface area contributed by atoms with Crippen molar-refractivity contribution in [2.45, 2.75) is 19.8 Å². The molecule has 0 aliphatic carbocycles. The number of piperidine rings is 1. The maximum atomic E-state index is 12.1. The lowest BCUT2D eigenvalue weighted by Gasteiger charge is -2.32. The zero-order valence-corrected chi connectivity index (χ0v) is 16.8. The molecule has 1 fully saturated rings. The van der Waals surface area contributed by atoms with Gasteiger partial charge in [0.1, 0.15) is 11.8 Å². The molecule has 2 amide bonds. The summed E-state index contributed by atoms with van der Waals surface area (Å²) in [5, 5.41) is 14.5. The Morgan fingerprint density at radius 1 is 1.17 bits per heavy atom. The van der Waals surface area contributed by atoms with Gasteiger partial charge in [-0.2, -0.15) is 5.26 Å². The molecule has 0 unspecified atom stereocenters. The average Bonchev–Trinajstić information content (AvgIpc) is 2.79. The Bertz CT molecular complexity index is 917. The molecule has 1 aliphatic rings. The van der Waals surface area contributed by atoms with E-state index in [-0.39, 0.29) is 5.92 Å². The van der Waals surface area contributed by atoms with Crippen LogP contribution in [0.1, 0.15) is 25.5 Å². The number of nitriles is 1. The maximum absolute atomic E-state index is 12.1.